The molecule has 0 aliphatic heterocycles. The van der Waals surface area contributed by atoms with Crippen LogP contribution in [0, 0.1) is 19.8 Å². The number of carbonyl (C=O) groups excluding carboxylic acids is 1. The second-order valence-electron chi connectivity index (χ2n) is 10.5. The Hall–Kier alpha value is -3.75. The van der Waals surface area contributed by atoms with Crippen molar-refractivity contribution >= 4 is 39.0 Å². The van der Waals surface area contributed by atoms with E-state index in [-0.39, 0.29) is 17.4 Å². The average Bonchev–Trinajstić information content (AvgIpc) is 3.55. The van der Waals surface area contributed by atoms with Crippen molar-refractivity contribution in [3.05, 3.63) is 97.9 Å². The molecule has 202 valence electrons. The number of H-pyrrole nitrogens is 1. The Morgan fingerprint density at radius 2 is 1.90 bits per heavy atom. The summed E-state index contributed by atoms with van der Waals surface area (Å²) in [4.78, 5) is 39.6. The first-order chi connectivity index (χ1) is 18.8. The number of carbonyl (C=O) groups is 1. The number of nitrogens with zero attached hydrogens (tertiary/aromatic N) is 3. The lowest BCUT2D eigenvalue weighted by Crippen LogP contribution is -2.42. The fraction of sp³-hybridized carbons (Fsp3) is 0.323. The van der Waals surface area contributed by atoms with Crippen molar-refractivity contribution in [3.63, 3.8) is 0 Å². The van der Waals surface area contributed by atoms with Crippen molar-refractivity contribution in [1.82, 2.24) is 19.4 Å². The maximum Gasteiger partial charge on any atom is 0.261 e. The third kappa shape index (κ3) is 5.40. The van der Waals surface area contributed by atoms with E-state index < -0.39 is 6.04 Å². The standard InChI is InChI=1S/C31H35N5O2S/c1-19(2)28(35(13-6-12-32)30(37)22-10-8-20(3)9-11-22)29-34-27-17-26-23(15-21(4)33-26)16-25(27)31(38)36(29)18-24-7-5-14-39-24/h5,7-11,14-17,19,28,33H,6,12-13,18,32H2,1-4H3. The highest BCUT2D eigenvalue weighted by Gasteiger charge is 2.32. The van der Waals surface area contributed by atoms with Crippen molar-refractivity contribution in [1.29, 1.82) is 0 Å². The van der Waals surface area contributed by atoms with Gasteiger partial charge in [-0.3, -0.25) is 14.2 Å². The molecule has 8 heteroatoms. The van der Waals surface area contributed by atoms with Crippen molar-refractivity contribution in [2.75, 3.05) is 13.1 Å². The molecule has 1 unspecified atom stereocenters. The van der Waals surface area contributed by atoms with Gasteiger partial charge in [-0.05, 0) is 74.5 Å². The second kappa shape index (κ2) is 11.2. The van der Waals surface area contributed by atoms with Gasteiger partial charge in [0.25, 0.3) is 11.5 Å². The number of amides is 1. The molecule has 7 nitrogen and oxygen atoms in total. The van der Waals surface area contributed by atoms with Gasteiger partial charge >= 0.3 is 0 Å². The van der Waals surface area contributed by atoms with E-state index in [4.69, 9.17) is 10.7 Å². The number of thiophene rings is 1. The van der Waals surface area contributed by atoms with Crippen LogP contribution in [-0.2, 0) is 6.54 Å². The summed E-state index contributed by atoms with van der Waals surface area (Å²) in [6.07, 6.45) is 0.645. The molecule has 3 N–H and O–H groups in total. The highest BCUT2D eigenvalue weighted by molar-refractivity contribution is 7.09. The van der Waals surface area contributed by atoms with Crippen LogP contribution in [-0.4, -0.2) is 38.4 Å². The smallest absolute Gasteiger partial charge is 0.261 e. The van der Waals surface area contributed by atoms with Gasteiger partial charge in [-0.25, -0.2) is 4.98 Å². The van der Waals surface area contributed by atoms with Gasteiger partial charge in [0.15, 0.2) is 0 Å². The average molecular weight is 542 g/mol. The molecular weight excluding hydrogens is 506 g/mol. The monoisotopic (exact) mass is 541 g/mol. The van der Waals surface area contributed by atoms with Crippen LogP contribution in [0.2, 0.25) is 0 Å². The van der Waals surface area contributed by atoms with Crippen LogP contribution < -0.4 is 11.3 Å². The number of aryl methyl sites for hydroxylation is 2. The Balaban J connectivity index is 1.73. The molecule has 0 saturated carbocycles. The van der Waals surface area contributed by atoms with E-state index in [2.05, 4.69) is 18.8 Å². The number of fused-ring (bicyclic) bond motifs is 2. The second-order valence-corrected chi connectivity index (χ2v) is 11.6. The number of aromatic amines is 1. The van der Waals surface area contributed by atoms with Gasteiger partial charge in [0.05, 0.1) is 23.5 Å². The SMILES string of the molecule is Cc1ccc(C(=O)N(CCCN)C(c2nc3cc4[nH]c(C)cc4cc3c(=O)n2Cc2cccs2)C(C)C)cc1. The van der Waals surface area contributed by atoms with Gasteiger partial charge in [-0.2, -0.15) is 0 Å². The molecule has 1 amide bonds. The number of hydrogen-bond acceptors (Lipinski definition) is 5. The molecule has 39 heavy (non-hydrogen) atoms. The third-order valence-electron chi connectivity index (χ3n) is 7.15. The summed E-state index contributed by atoms with van der Waals surface area (Å²) in [6, 6.07) is 17.1. The van der Waals surface area contributed by atoms with Gasteiger partial charge in [-0.1, -0.05) is 37.6 Å². The van der Waals surface area contributed by atoms with E-state index in [1.807, 2.05) is 78.7 Å². The van der Waals surface area contributed by atoms with Crippen LogP contribution in [0.4, 0.5) is 0 Å². The zero-order valence-electron chi connectivity index (χ0n) is 22.9. The molecular formula is C31H35N5O2S. The van der Waals surface area contributed by atoms with E-state index in [9.17, 15) is 9.59 Å². The summed E-state index contributed by atoms with van der Waals surface area (Å²) in [5, 5.41) is 3.56. The van der Waals surface area contributed by atoms with E-state index in [0.717, 1.165) is 27.0 Å². The normalized spacial score (nSPS) is 12.5. The molecule has 3 aromatic heterocycles. The molecule has 0 aliphatic carbocycles. The van der Waals surface area contributed by atoms with Crippen molar-refractivity contribution < 1.29 is 4.79 Å². The first kappa shape index (κ1) is 26.8. The minimum absolute atomic E-state index is 0.00688. The van der Waals surface area contributed by atoms with Gasteiger partial charge in [-0.15, -0.1) is 11.3 Å². The number of aromatic nitrogens is 3. The highest BCUT2D eigenvalue weighted by atomic mass is 32.1. The summed E-state index contributed by atoms with van der Waals surface area (Å²) < 4.78 is 1.77. The summed E-state index contributed by atoms with van der Waals surface area (Å²) in [7, 11) is 0. The van der Waals surface area contributed by atoms with E-state index in [1.165, 1.54) is 0 Å². The van der Waals surface area contributed by atoms with Gasteiger partial charge in [0, 0.05) is 33.6 Å². The molecule has 0 fully saturated rings. The Bertz CT molecular complexity index is 1670. The minimum Gasteiger partial charge on any atom is -0.359 e. The molecule has 2 aromatic carbocycles. The molecule has 0 aliphatic rings. The lowest BCUT2D eigenvalue weighted by molar-refractivity contribution is 0.0603. The molecule has 3 heterocycles. The minimum atomic E-state index is -0.427. The Kier molecular flexibility index (Phi) is 7.68. The summed E-state index contributed by atoms with van der Waals surface area (Å²) in [5.41, 5.74) is 10.1. The van der Waals surface area contributed by atoms with E-state index >= 15 is 0 Å². The molecule has 0 saturated heterocycles. The van der Waals surface area contributed by atoms with E-state index in [1.54, 1.807) is 15.9 Å². The van der Waals surface area contributed by atoms with Crippen LogP contribution in [0.25, 0.3) is 21.8 Å². The molecule has 5 rings (SSSR count). The predicted molar refractivity (Wildman–Crippen MR) is 159 cm³/mol. The van der Waals surface area contributed by atoms with Crippen molar-refractivity contribution in [3.8, 4) is 0 Å². The molecule has 0 bridgehead atoms. The number of hydrogen-bond donors (Lipinski definition) is 2. The fourth-order valence-electron chi connectivity index (χ4n) is 5.24. The van der Waals surface area contributed by atoms with Crippen LogP contribution in [0.1, 0.15) is 58.6 Å². The lowest BCUT2D eigenvalue weighted by Gasteiger charge is -2.35. The van der Waals surface area contributed by atoms with Crippen molar-refractivity contribution in [2.24, 2.45) is 11.7 Å². The van der Waals surface area contributed by atoms with Crippen LogP contribution in [0.5, 0.6) is 0 Å². The zero-order chi connectivity index (χ0) is 27.7. The molecule has 0 spiro atoms. The van der Waals surface area contributed by atoms with Crippen LogP contribution in [0.15, 0.2) is 64.8 Å². The first-order valence-corrected chi connectivity index (χ1v) is 14.3. The van der Waals surface area contributed by atoms with Gasteiger partial charge in [0.1, 0.15) is 5.82 Å². The van der Waals surface area contributed by atoms with Gasteiger partial charge < -0.3 is 15.6 Å². The predicted octanol–water partition coefficient (Wildman–Crippen LogP) is 5.79. The van der Waals surface area contributed by atoms with Crippen molar-refractivity contribution in [2.45, 2.75) is 46.7 Å². The van der Waals surface area contributed by atoms with E-state index in [0.29, 0.717) is 48.3 Å². The fourth-order valence-corrected chi connectivity index (χ4v) is 5.93. The lowest BCUT2D eigenvalue weighted by atomic mass is 9.98. The zero-order valence-corrected chi connectivity index (χ0v) is 23.7. The third-order valence-corrected chi connectivity index (χ3v) is 8.01. The number of rotatable bonds is 9. The molecule has 1 atom stereocenters. The first-order valence-electron chi connectivity index (χ1n) is 13.4. The summed E-state index contributed by atoms with van der Waals surface area (Å²) in [6.45, 7) is 9.47. The number of benzene rings is 2. The number of nitrogens with one attached hydrogen (secondary N) is 1. The quantitative estimate of drug-likeness (QED) is 0.247. The maximum atomic E-state index is 14.2. The Labute approximate surface area is 232 Å². The van der Waals surface area contributed by atoms with Crippen LogP contribution >= 0.6 is 11.3 Å². The summed E-state index contributed by atoms with van der Waals surface area (Å²) >= 11 is 1.60. The molecule has 5 aromatic rings. The highest BCUT2D eigenvalue weighted by Crippen LogP contribution is 2.31. The Morgan fingerprint density at radius 1 is 1.13 bits per heavy atom. The summed E-state index contributed by atoms with van der Waals surface area (Å²) in [5.74, 6) is 0.498. The molecule has 0 radical (unpaired) electrons. The number of nitrogens with two attached hydrogens (primary N) is 1. The largest absolute Gasteiger partial charge is 0.359 e. The maximum absolute atomic E-state index is 14.2. The topological polar surface area (TPSA) is 97.0 Å². The Morgan fingerprint density at radius 3 is 2.56 bits per heavy atom. The van der Waals surface area contributed by atoms with Gasteiger partial charge in [0.2, 0.25) is 0 Å². The van der Waals surface area contributed by atoms with Crippen LogP contribution in [0.3, 0.4) is 0 Å².